The molecule has 0 aliphatic rings. The molecule has 0 aliphatic heterocycles. The average molecular weight is 477 g/mol. The van der Waals surface area contributed by atoms with E-state index < -0.39 is 34.9 Å². The highest BCUT2D eigenvalue weighted by Crippen LogP contribution is 2.39. The number of nitrogens with one attached hydrogen (secondary N) is 1. The van der Waals surface area contributed by atoms with Gasteiger partial charge in [-0.1, -0.05) is 53.5 Å². The van der Waals surface area contributed by atoms with Crippen molar-refractivity contribution in [1.29, 1.82) is 0 Å². The van der Waals surface area contributed by atoms with Gasteiger partial charge in [0.25, 0.3) is 0 Å². The van der Waals surface area contributed by atoms with Gasteiger partial charge in [-0.25, -0.2) is 4.99 Å². The van der Waals surface area contributed by atoms with E-state index in [0.29, 0.717) is 6.07 Å². The molecule has 0 atom stereocenters. The van der Waals surface area contributed by atoms with Gasteiger partial charge in [0.1, 0.15) is 5.84 Å². The predicted octanol–water partition coefficient (Wildman–Crippen LogP) is 8.22. The van der Waals surface area contributed by atoms with Crippen molar-refractivity contribution in [3.8, 4) is 0 Å². The second kappa shape index (κ2) is 8.80. The quantitative estimate of drug-likeness (QED) is 0.230. The van der Waals surface area contributed by atoms with Crippen LogP contribution < -0.4 is 5.32 Å². The molecule has 3 rings (SSSR count). The van der Waals surface area contributed by atoms with Gasteiger partial charge in [0, 0.05) is 15.6 Å². The molecule has 0 heterocycles. The van der Waals surface area contributed by atoms with E-state index in [1.165, 1.54) is 24.3 Å². The zero-order valence-corrected chi connectivity index (χ0v) is 16.8. The van der Waals surface area contributed by atoms with Crippen molar-refractivity contribution in [2.75, 3.05) is 5.32 Å². The van der Waals surface area contributed by atoms with Gasteiger partial charge in [-0.05, 0) is 36.4 Å². The summed E-state index contributed by atoms with van der Waals surface area (Å²) < 4.78 is 80.8. The Bertz CT molecular complexity index is 1110. The van der Waals surface area contributed by atoms with Gasteiger partial charge in [0.15, 0.2) is 0 Å². The summed E-state index contributed by atoms with van der Waals surface area (Å²) in [5, 5.41) is 2.21. The summed E-state index contributed by atoms with van der Waals surface area (Å²) in [4.78, 5) is 4.00. The van der Waals surface area contributed by atoms with E-state index in [4.69, 9.17) is 23.2 Å². The topological polar surface area (TPSA) is 24.4 Å². The predicted molar refractivity (Wildman–Crippen MR) is 109 cm³/mol. The van der Waals surface area contributed by atoms with Gasteiger partial charge in [-0.2, -0.15) is 26.3 Å². The first-order chi connectivity index (χ1) is 14.4. The summed E-state index contributed by atoms with van der Waals surface area (Å²) in [7, 11) is 0. The van der Waals surface area contributed by atoms with E-state index in [-0.39, 0.29) is 21.4 Å². The van der Waals surface area contributed by atoms with Crippen LogP contribution in [0.3, 0.4) is 0 Å². The van der Waals surface area contributed by atoms with Crippen LogP contribution in [0.5, 0.6) is 0 Å². The number of nitrogens with zero attached hydrogens (tertiary/aromatic N) is 1. The number of rotatable bonds is 3. The minimum Gasteiger partial charge on any atom is -0.339 e. The molecule has 0 saturated heterocycles. The lowest BCUT2D eigenvalue weighted by atomic mass is 10.1. The lowest BCUT2D eigenvalue weighted by molar-refractivity contribution is -0.137. The number of hydrogen-bond donors (Lipinski definition) is 1. The van der Waals surface area contributed by atoms with E-state index in [0.717, 1.165) is 18.2 Å². The molecule has 162 valence electrons. The monoisotopic (exact) mass is 476 g/mol. The van der Waals surface area contributed by atoms with Gasteiger partial charge in [0.05, 0.1) is 22.5 Å². The summed E-state index contributed by atoms with van der Waals surface area (Å²) in [6, 6.07) is 13.8. The van der Waals surface area contributed by atoms with Crippen molar-refractivity contribution in [2.45, 2.75) is 12.4 Å². The number of amidine groups is 1. The summed E-state index contributed by atoms with van der Waals surface area (Å²) in [5.74, 6) is -0.221. The van der Waals surface area contributed by atoms with Gasteiger partial charge in [-0.3, -0.25) is 0 Å². The number of benzene rings is 3. The second-order valence-corrected chi connectivity index (χ2v) is 7.17. The molecule has 0 radical (unpaired) electrons. The normalized spacial score (nSPS) is 12.7. The molecule has 0 aliphatic carbocycles. The number of aliphatic imine (C=N–C) groups is 1. The number of alkyl halides is 6. The summed E-state index contributed by atoms with van der Waals surface area (Å²) in [6.45, 7) is 0. The van der Waals surface area contributed by atoms with E-state index in [1.54, 1.807) is 18.2 Å². The molecule has 0 saturated carbocycles. The van der Waals surface area contributed by atoms with Crippen LogP contribution in [0, 0.1) is 0 Å². The smallest absolute Gasteiger partial charge is 0.339 e. The molecular weight excluding hydrogens is 465 g/mol. The Morgan fingerprint density at radius 3 is 1.84 bits per heavy atom. The third kappa shape index (κ3) is 5.71. The SMILES string of the molecule is FC(F)(F)c1cc(Cl)ccc1N=C(Nc1ccc(Cl)cc1C(F)(F)F)c1ccccc1. The van der Waals surface area contributed by atoms with Crippen molar-refractivity contribution >= 4 is 40.4 Å². The zero-order chi connectivity index (χ0) is 22.8. The van der Waals surface area contributed by atoms with Crippen molar-refractivity contribution in [3.05, 3.63) is 93.5 Å². The Morgan fingerprint density at radius 2 is 1.26 bits per heavy atom. The Kier molecular flexibility index (Phi) is 6.52. The number of anilines is 1. The molecule has 3 aromatic rings. The highest BCUT2D eigenvalue weighted by molar-refractivity contribution is 6.31. The Hall–Kier alpha value is -2.71. The van der Waals surface area contributed by atoms with Gasteiger partial charge in [0.2, 0.25) is 0 Å². The Balaban J connectivity index is 2.18. The maximum absolute atomic E-state index is 13.5. The van der Waals surface area contributed by atoms with Crippen molar-refractivity contribution in [1.82, 2.24) is 0 Å². The largest absolute Gasteiger partial charge is 0.418 e. The molecule has 0 aromatic heterocycles. The average Bonchev–Trinajstić information content (AvgIpc) is 2.69. The maximum atomic E-state index is 13.5. The minimum atomic E-state index is -4.77. The van der Waals surface area contributed by atoms with Crippen molar-refractivity contribution < 1.29 is 26.3 Å². The highest BCUT2D eigenvalue weighted by atomic mass is 35.5. The molecule has 0 unspecified atom stereocenters. The van der Waals surface area contributed by atoms with E-state index in [9.17, 15) is 26.3 Å². The van der Waals surface area contributed by atoms with Gasteiger partial charge < -0.3 is 5.32 Å². The fraction of sp³-hybridized carbons (Fsp3) is 0.0952. The fourth-order valence-electron chi connectivity index (χ4n) is 2.70. The first-order valence-corrected chi connectivity index (χ1v) is 9.35. The highest BCUT2D eigenvalue weighted by Gasteiger charge is 2.35. The fourth-order valence-corrected chi connectivity index (χ4v) is 3.05. The molecule has 10 heteroatoms. The van der Waals surface area contributed by atoms with Crippen LogP contribution in [0.1, 0.15) is 16.7 Å². The standard InChI is InChI=1S/C21H12Cl2F6N2/c22-13-6-8-17(15(10-13)20(24,25)26)30-19(12-4-2-1-3-5-12)31-18-9-7-14(23)11-16(18)21(27,28)29/h1-11H,(H,30,31). The second-order valence-electron chi connectivity index (χ2n) is 6.30. The molecule has 31 heavy (non-hydrogen) atoms. The lowest BCUT2D eigenvalue weighted by Crippen LogP contribution is -2.18. The van der Waals surface area contributed by atoms with Crippen molar-refractivity contribution in [3.63, 3.8) is 0 Å². The van der Waals surface area contributed by atoms with Crippen LogP contribution in [-0.4, -0.2) is 5.84 Å². The molecule has 2 nitrogen and oxygen atoms in total. The molecule has 3 aromatic carbocycles. The number of hydrogen-bond acceptors (Lipinski definition) is 1. The Labute approximate surface area is 183 Å². The van der Waals surface area contributed by atoms with Gasteiger partial charge in [-0.15, -0.1) is 0 Å². The van der Waals surface area contributed by atoms with Crippen molar-refractivity contribution in [2.24, 2.45) is 4.99 Å². The molecule has 0 spiro atoms. The van der Waals surface area contributed by atoms with E-state index in [2.05, 4.69) is 10.3 Å². The van der Waals surface area contributed by atoms with E-state index >= 15 is 0 Å². The first-order valence-electron chi connectivity index (χ1n) is 8.60. The molecule has 0 amide bonds. The number of halogens is 8. The summed E-state index contributed by atoms with van der Waals surface area (Å²) >= 11 is 11.4. The van der Waals surface area contributed by atoms with Crippen LogP contribution in [0.4, 0.5) is 37.7 Å². The van der Waals surface area contributed by atoms with Gasteiger partial charge >= 0.3 is 12.4 Å². The third-order valence-corrected chi connectivity index (χ3v) is 4.55. The van der Waals surface area contributed by atoms with Crippen LogP contribution >= 0.6 is 23.2 Å². The summed E-state index contributed by atoms with van der Waals surface area (Å²) in [6.07, 6.45) is -9.53. The van der Waals surface area contributed by atoms with Crippen LogP contribution in [-0.2, 0) is 12.4 Å². The third-order valence-electron chi connectivity index (χ3n) is 4.08. The van der Waals surface area contributed by atoms with Crippen LogP contribution in [0.2, 0.25) is 10.0 Å². The first kappa shape index (κ1) is 23.0. The Morgan fingerprint density at radius 1 is 0.710 bits per heavy atom. The van der Waals surface area contributed by atoms with E-state index in [1.807, 2.05) is 0 Å². The van der Waals surface area contributed by atoms with Crippen LogP contribution in [0.25, 0.3) is 0 Å². The lowest BCUT2D eigenvalue weighted by Gasteiger charge is -2.17. The van der Waals surface area contributed by atoms with Crippen LogP contribution in [0.15, 0.2) is 71.7 Å². The maximum Gasteiger partial charge on any atom is 0.418 e. The molecular formula is C21H12Cl2F6N2. The summed E-state index contributed by atoms with van der Waals surface area (Å²) in [5.41, 5.74) is -2.86. The molecule has 1 N–H and O–H groups in total. The molecule has 0 bridgehead atoms. The molecule has 0 fully saturated rings. The zero-order valence-electron chi connectivity index (χ0n) is 15.3. The minimum absolute atomic E-state index is 0.145.